The molecule has 2 unspecified atom stereocenters. The van der Waals surface area contributed by atoms with E-state index in [4.69, 9.17) is 0 Å². The molecule has 106 valence electrons. The first-order valence-corrected chi connectivity index (χ1v) is 8.49. The summed E-state index contributed by atoms with van der Waals surface area (Å²) in [4.78, 5) is 3.77. The SMILES string of the molecule is CSc1ccc(C(O)CCN2CCCCC2C)cc1. The molecule has 1 aromatic rings. The van der Waals surface area contributed by atoms with Crippen molar-refractivity contribution in [2.75, 3.05) is 19.3 Å². The lowest BCUT2D eigenvalue weighted by atomic mass is 10.0. The smallest absolute Gasteiger partial charge is 0.0802 e. The number of hydrogen-bond acceptors (Lipinski definition) is 3. The van der Waals surface area contributed by atoms with E-state index in [9.17, 15) is 5.11 Å². The first kappa shape index (κ1) is 14.9. The van der Waals surface area contributed by atoms with Crippen molar-refractivity contribution in [2.24, 2.45) is 0 Å². The van der Waals surface area contributed by atoms with Crippen molar-refractivity contribution in [1.82, 2.24) is 4.90 Å². The van der Waals surface area contributed by atoms with Crippen LogP contribution >= 0.6 is 11.8 Å². The van der Waals surface area contributed by atoms with Crippen molar-refractivity contribution >= 4 is 11.8 Å². The molecule has 1 saturated heterocycles. The van der Waals surface area contributed by atoms with E-state index in [1.807, 2.05) is 0 Å². The summed E-state index contributed by atoms with van der Waals surface area (Å²) in [6, 6.07) is 8.96. The summed E-state index contributed by atoms with van der Waals surface area (Å²) in [5.74, 6) is 0. The molecule has 0 bridgehead atoms. The molecule has 0 spiro atoms. The fourth-order valence-corrected chi connectivity index (χ4v) is 3.18. The highest BCUT2D eigenvalue weighted by Crippen LogP contribution is 2.23. The zero-order valence-electron chi connectivity index (χ0n) is 12.0. The lowest BCUT2D eigenvalue weighted by Crippen LogP contribution is -2.38. The van der Waals surface area contributed by atoms with Crippen LogP contribution < -0.4 is 0 Å². The second-order valence-corrected chi connectivity index (χ2v) is 6.34. The molecule has 0 radical (unpaired) electrons. The maximum Gasteiger partial charge on any atom is 0.0802 e. The molecule has 2 atom stereocenters. The fourth-order valence-electron chi connectivity index (χ4n) is 2.77. The van der Waals surface area contributed by atoms with E-state index in [-0.39, 0.29) is 6.10 Å². The van der Waals surface area contributed by atoms with Gasteiger partial charge in [0.05, 0.1) is 6.10 Å². The van der Waals surface area contributed by atoms with Crippen LogP contribution in [0.4, 0.5) is 0 Å². The predicted octanol–water partition coefficient (Wildman–Crippen LogP) is 3.71. The van der Waals surface area contributed by atoms with Crippen molar-refractivity contribution < 1.29 is 5.11 Å². The van der Waals surface area contributed by atoms with Gasteiger partial charge in [-0.25, -0.2) is 0 Å². The highest BCUT2D eigenvalue weighted by atomic mass is 32.2. The Bertz CT molecular complexity index is 379. The average Bonchev–Trinajstić information content (AvgIpc) is 2.46. The number of hydrogen-bond donors (Lipinski definition) is 1. The van der Waals surface area contributed by atoms with E-state index < -0.39 is 0 Å². The first-order valence-electron chi connectivity index (χ1n) is 7.27. The number of benzene rings is 1. The summed E-state index contributed by atoms with van der Waals surface area (Å²) in [7, 11) is 0. The van der Waals surface area contributed by atoms with Crippen LogP contribution in [0.3, 0.4) is 0 Å². The predicted molar refractivity (Wildman–Crippen MR) is 82.7 cm³/mol. The normalized spacial score (nSPS) is 22.4. The molecule has 2 rings (SSSR count). The van der Waals surface area contributed by atoms with Crippen LogP contribution in [-0.2, 0) is 0 Å². The number of aliphatic hydroxyl groups excluding tert-OH is 1. The number of nitrogens with zero attached hydrogens (tertiary/aromatic N) is 1. The summed E-state index contributed by atoms with van der Waals surface area (Å²) in [6.45, 7) is 4.50. The van der Waals surface area contributed by atoms with E-state index in [1.165, 1.54) is 30.7 Å². The second kappa shape index (κ2) is 7.32. The van der Waals surface area contributed by atoms with Gasteiger partial charge in [-0.05, 0) is 56.7 Å². The lowest BCUT2D eigenvalue weighted by molar-refractivity contribution is 0.109. The van der Waals surface area contributed by atoms with Crippen LogP contribution in [0, 0.1) is 0 Å². The van der Waals surface area contributed by atoms with Crippen molar-refractivity contribution in [3.05, 3.63) is 29.8 Å². The zero-order chi connectivity index (χ0) is 13.7. The molecule has 19 heavy (non-hydrogen) atoms. The Kier molecular flexibility index (Phi) is 5.74. The Morgan fingerprint density at radius 2 is 2.05 bits per heavy atom. The Morgan fingerprint density at radius 1 is 1.32 bits per heavy atom. The van der Waals surface area contributed by atoms with Gasteiger partial charge in [-0.2, -0.15) is 0 Å². The van der Waals surface area contributed by atoms with Crippen LogP contribution in [0.25, 0.3) is 0 Å². The number of likely N-dealkylation sites (tertiary alicyclic amines) is 1. The minimum atomic E-state index is -0.329. The Hall–Kier alpha value is -0.510. The van der Waals surface area contributed by atoms with Crippen LogP contribution in [0.5, 0.6) is 0 Å². The van der Waals surface area contributed by atoms with Crippen molar-refractivity contribution in [2.45, 2.75) is 49.6 Å². The quantitative estimate of drug-likeness (QED) is 0.831. The molecular formula is C16H25NOS. The summed E-state index contributed by atoms with van der Waals surface area (Å²) in [6.07, 6.45) is 6.55. The van der Waals surface area contributed by atoms with E-state index >= 15 is 0 Å². The number of aliphatic hydroxyl groups is 1. The maximum atomic E-state index is 10.3. The number of thioether (sulfide) groups is 1. The van der Waals surface area contributed by atoms with Gasteiger partial charge in [-0.3, -0.25) is 0 Å². The zero-order valence-corrected chi connectivity index (χ0v) is 12.8. The highest BCUT2D eigenvalue weighted by Gasteiger charge is 2.19. The summed E-state index contributed by atoms with van der Waals surface area (Å²) in [5, 5.41) is 10.3. The van der Waals surface area contributed by atoms with Gasteiger partial charge < -0.3 is 10.0 Å². The second-order valence-electron chi connectivity index (χ2n) is 5.46. The summed E-state index contributed by atoms with van der Waals surface area (Å²) in [5.41, 5.74) is 1.04. The lowest BCUT2D eigenvalue weighted by Gasteiger charge is -2.33. The molecule has 1 N–H and O–H groups in total. The molecule has 3 heteroatoms. The molecule has 0 aromatic heterocycles. The van der Waals surface area contributed by atoms with Crippen molar-refractivity contribution in [3.8, 4) is 0 Å². The van der Waals surface area contributed by atoms with Crippen molar-refractivity contribution in [3.63, 3.8) is 0 Å². The third kappa shape index (κ3) is 4.23. The topological polar surface area (TPSA) is 23.5 Å². The molecule has 1 aromatic carbocycles. The molecular weight excluding hydrogens is 254 g/mol. The Labute approximate surface area is 121 Å². The van der Waals surface area contributed by atoms with Crippen LogP contribution in [-0.4, -0.2) is 35.4 Å². The molecule has 1 aliphatic rings. The first-order chi connectivity index (χ1) is 9.20. The standard InChI is InChI=1S/C16H25NOS/c1-13-5-3-4-11-17(13)12-10-16(18)14-6-8-15(19-2)9-7-14/h6-9,13,16,18H,3-5,10-12H2,1-2H3. The minimum Gasteiger partial charge on any atom is -0.388 e. The van der Waals surface area contributed by atoms with Gasteiger partial charge in [-0.15, -0.1) is 11.8 Å². The van der Waals surface area contributed by atoms with Gasteiger partial charge in [0.25, 0.3) is 0 Å². The average molecular weight is 279 g/mol. The van der Waals surface area contributed by atoms with Gasteiger partial charge in [0.1, 0.15) is 0 Å². The fraction of sp³-hybridized carbons (Fsp3) is 0.625. The monoisotopic (exact) mass is 279 g/mol. The largest absolute Gasteiger partial charge is 0.388 e. The van der Waals surface area contributed by atoms with Crippen LogP contribution in [0.1, 0.15) is 44.3 Å². The molecule has 0 amide bonds. The van der Waals surface area contributed by atoms with E-state index in [2.05, 4.69) is 42.3 Å². The molecule has 2 nitrogen and oxygen atoms in total. The Morgan fingerprint density at radius 3 is 2.68 bits per heavy atom. The van der Waals surface area contributed by atoms with E-state index in [0.717, 1.165) is 18.5 Å². The molecule has 1 aliphatic heterocycles. The molecule has 1 fully saturated rings. The van der Waals surface area contributed by atoms with Crippen molar-refractivity contribution in [1.29, 1.82) is 0 Å². The van der Waals surface area contributed by atoms with Gasteiger partial charge in [0.15, 0.2) is 0 Å². The number of rotatable bonds is 5. The number of piperidine rings is 1. The molecule has 0 aliphatic carbocycles. The van der Waals surface area contributed by atoms with Gasteiger partial charge >= 0.3 is 0 Å². The van der Waals surface area contributed by atoms with Gasteiger partial charge in [0, 0.05) is 17.5 Å². The minimum absolute atomic E-state index is 0.329. The summed E-state index contributed by atoms with van der Waals surface area (Å²) >= 11 is 1.74. The maximum absolute atomic E-state index is 10.3. The third-order valence-electron chi connectivity index (χ3n) is 4.13. The Balaban J connectivity index is 1.84. The highest BCUT2D eigenvalue weighted by molar-refractivity contribution is 7.98. The van der Waals surface area contributed by atoms with Crippen LogP contribution in [0.15, 0.2) is 29.2 Å². The third-order valence-corrected chi connectivity index (χ3v) is 4.87. The molecule has 1 heterocycles. The van der Waals surface area contributed by atoms with E-state index in [1.54, 1.807) is 11.8 Å². The van der Waals surface area contributed by atoms with E-state index in [0.29, 0.717) is 6.04 Å². The van der Waals surface area contributed by atoms with Gasteiger partial charge in [0.2, 0.25) is 0 Å². The summed E-state index contributed by atoms with van der Waals surface area (Å²) < 4.78 is 0. The molecule has 0 saturated carbocycles. The van der Waals surface area contributed by atoms with Gasteiger partial charge in [-0.1, -0.05) is 18.6 Å². The van der Waals surface area contributed by atoms with Crippen LogP contribution in [0.2, 0.25) is 0 Å².